The Morgan fingerprint density at radius 2 is 1.59 bits per heavy atom. The van der Waals surface area contributed by atoms with E-state index in [4.69, 9.17) is 9.47 Å². The zero-order valence-corrected chi connectivity index (χ0v) is 41.5. The first-order valence-electron chi connectivity index (χ1n) is 25.5. The van der Waals surface area contributed by atoms with Crippen molar-refractivity contribution in [1.82, 2.24) is 10.2 Å². The fourth-order valence-electron chi connectivity index (χ4n) is 11.1. The van der Waals surface area contributed by atoms with E-state index in [0.717, 1.165) is 106 Å². The summed E-state index contributed by atoms with van der Waals surface area (Å²) in [6.07, 6.45) is 34.9. The average Bonchev–Trinajstić information content (AvgIpc) is 3.80. The number of benzene rings is 1. The maximum atomic E-state index is 14.2. The van der Waals surface area contributed by atoms with Gasteiger partial charge in [0.15, 0.2) is 6.61 Å². The molecule has 3 N–H and O–H groups in total. The molecule has 12 heteroatoms. The van der Waals surface area contributed by atoms with E-state index in [1.807, 2.05) is 92.8 Å². The van der Waals surface area contributed by atoms with Gasteiger partial charge in [-0.3, -0.25) is 24.1 Å². The first-order chi connectivity index (χ1) is 32.9. The van der Waals surface area contributed by atoms with E-state index in [9.17, 15) is 34.2 Å². The van der Waals surface area contributed by atoms with Gasteiger partial charge in [0.25, 0.3) is 0 Å². The second kappa shape index (κ2) is 26.3. The van der Waals surface area contributed by atoms with Crippen LogP contribution in [0.2, 0.25) is 0 Å². The van der Waals surface area contributed by atoms with Crippen LogP contribution in [0.1, 0.15) is 135 Å². The molecular weight excluding hydrogens is 877 g/mol. The Bertz CT molecular complexity index is 2090. The number of aliphatic hydroxyl groups is 1. The molecule has 8 atom stereocenters. The fraction of sp³-hybridized carbons (Fsp3) is 0.589. The van der Waals surface area contributed by atoms with Crippen molar-refractivity contribution in [2.75, 3.05) is 18.9 Å². The van der Waals surface area contributed by atoms with Crippen LogP contribution in [-0.2, 0) is 41.6 Å². The number of allylic oxidation sites excluding steroid dienone is 10. The fourth-order valence-corrected chi connectivity index (χ4v) is 12.3. The maximum Gasteiger partial charge on any atom is 0.341 e. The van der Waals surface area contributed by atoms with Gasteiger partial charge in [0.1, 0.15) is 11.9 Å². The summed E-state index contributed by atoms with van der Waals surface area (Å²) in [6.45, 7) is 6.13. The zero-order chi connectivity index (χ0) is 48.5. The molecule has 1 heterocycles. The second-order valence-corrected chi connectivity index (χ2v) is 21.2. The van der Waals surface area contributed by atoms with E-state index < -0.39 is 41.3 Å². The number of carbonyl (C=O) groups excluding carboxylic acids is 4. The number of esters is 1. The zero-order valence-electron chi connectivity index (χ0n) is 40.7. The molecule has 4 aliphatic carbocycles. The summed E-state index contributed by atoms with van der Waals surface area (Å²) in [5.74, 6) is -0.683. The Hall–Kier alpha value is -4.68. The molecule has 0 aromatic heterocycles. The van der Waals surface area contributed by atoms with Crippen LogP contribution in [-0.4, -0.2) is 86.7 Å². The monoisotopic (exact) mass is 953 g/mol. The van der Waals surface area contributed by atoms with Crippen LogP contribution in [0, 0.1) is 29.6 Å². The summed E-state index contributed by atoms with van der Waals surface area (Å²) >= 11 is 1.56. The number of carboxylic acids is 1. The highest BCUT2D eigenvalue weighted by Crippen LogP contribution is 2.50. The number of carboxylic acid groups (broad SMARTS) is 1. The highest BCUT2D eigenvalue weighted by molar-refractivity contribution is 8.00. The molecule has 5 aliphatic rings. The van der Waals surface area contributed by atoms with Crippen molar-refractivity contribution in [2.45, 2.75) is 159 Å². The highest BCUT2D eigenvalue weighted by Gasteiger charge is 2.49. The van der Waals surface area contributed by atoms with Gasteiger partial charge in [-0.1, -0.05) is 131 Å². The number of rotatable bonds is 23. The molecular formula is C56H76N2O9S. The number of ether oxygens (including phenoxy) is 2. The molecule has 0 radical (unpaired) electrons. The van der Waals surface area contributed by atoms with Crippen molar-refractivity contribution in [1.29, 1.82) is 0 Å². The summed E-state index contributed by atoms with van der Waals surface area (Å²) in [5, 5.41) is 23.0. The number of fused-ring (bicyclic) bond motifs is 2. The number of amides is 3. The maximum absolute atomic E-state index is 14.2. The molecule has 68 heavy (non-hydrogen) atoms. The standard InChI is InChI=1S/C56H76N2O9S/c1-4-5-15-26-42(59)30-31-43-46-34-39-23-22-29-48(66-38-52(61)62)47(39)35-40(46)36-49(43)67-55(65)45-28-19-18-27-44(45)53(63)57-32-20-13-14-21-33-68-50-37-51(60)58(54(50)64)56(2,3)41-24-16-11-9-7-6-8-10-12-17-25-41/h6-12,16-17,22-25,29,40,42-46,49-50,59H,4-5,13-15,18-21,26-28,30-38H2,1-3H3,(H,57,63)(H,61,62)/b7-6-,8-6?,9-7?,10-8-,11-9-,12-10?,16-11?,17-12-,24-16-,25-17?,41-24?,41-25+/t40-,42-,43+,44-,45+,46-,49+,50?/m0/s1. The molecule has 0 spiro atoms. The number of nitrogens with zero attached hydrogens (tertiary/aromatic N) is 1. The average molecular weight is 953 g/mol. The van der Waals surface area contributed by atoms with E-state index in [1.54, 1.807) is 11.8 Å². The summed E-state index contributed by atoms with van der Waals surface area (Å²) in [7, 11) is 0. The van der Waals surface area contributed by atoms with Gasteiger partial charge < -0.3 is 25.0 Å². The van der Waals surface area contributed by atoms with Crippen molar-refractivity contribution < 1.29 is 43.7 Å². The molecule has 2 saturated carbocycles. The summed E-state index contributed by atoms with van der Waals surface area (Å²) in [4.78, 5) is 67.6. The lowest BCUT2D eigenvalue weighted by atomic mass is 9.73. The third-order valence-corrected chi connectivity index (χ3v) is 16.1. The molecule has 1 aromatic rings. The number of hydrogen-bond donors (Lipinski definition) is 3. The molecule has 3 fully saturated rings. The minimum atomic E-state index is -1.02. The van der Waals surface area contributed by atoms with Crippen molar-refractivity contribution in [3.8, 4) is 5.75 Å². The number of unbranched alkanes of at least 4 members (excludes halogenated alkanes) is 5. The smallest absolute Gasteiger partial charge is 0.341 e. The number of nitrogens with one attached hydrogen (secondary N) is 1. The third-order valence-electron chi connectivity index (χ3n) is 14.8. The van der Waals surface area contributed by atoms with Gasteiger partial charge in [0.05, 0.1) is 28.7 Å². The Balaban J connectivity index is 0.959. The number of hydrogen-bond acceptors (Lipinski definition) is 9. The minimum absolute atomic E-state index is 0.0752. The molecule has 1 aliphatic heterocycles. The van der Waals surface area contributed by atoms with Gasteiger partial charge in [-0.05, 0) is 124 Å². The predicted molar refractivity (Wildman–Crippen MR) is 269 cm³/mol. The van der Waals surface area contributed by atoms with E-state index in [2.05, 4.69) is 18.3 Å². The highest BCUT2D eigenvalue weighted by atomic mass is 32.2. The number of likely N-dealkylation sites (tertiary alicyclic amines) is 1. The van der Waals surface area contributed by atoms with Crippen molar-refractivity contribution in [3.05, 3.63) is 102 Å². The Labute approximate surface area is 409 Å². The lowest BCUT2D eigenvalue weighted by molar-refractivity contribution is -0.162. The number of aliphatic carboxylic acids is 1. The summed E-state index contributed by atoms with van der Waals surface area (Å²) in [5.41, 5.74) is 2.22. The molecule has 1 saturated heterocycles. The third kappa shape index (κ3) is 14.4. The summed E-state index contributed by atoms with van der Waals surface area (Å²) in [6, 6.07) is 5.84. The van der Waals surface area contributed by atoms with Crippen LogP contribution in [0.15, 0.2) is 90.6 Å². The predicted octanol–water partition coefficient (Wildman–Crippen LogP) is 9.98. The molecule has 3 amide bonds. The minimum Gasteiger partial charge on any atom is -0.482 e. The Morgan fingerprint density at radius 1 is 0.868 bits per heavy atom. The quantitative estimate of drug-likeness (QED) is 0.0548. The number of thioether (sulfide) groups is 1. The van der Waals surface area contributed by atoms with Crippen LogP contribution >= 0.6 is 11.8 Å². The topological polar surface area (TPSA) is 160 Å². The Kier molecular flexibility index (Phi) is 20.4. The van der Waals surface area contributed by atoms with Gasteiger partial charge in [0, 0.05) is 13.0 Å². The van der Waals surface area contributed by atoms with Crippen LogP contribution in [0.4, 0.5) is 0 Å². The molecule has 370 valence electrons. The Morgan fingerprint density at radius 3 is 2.34 bits per heavy atom. The number of aliphatic hydroxyl groups excluding tert-OH is 1. The van der Waals surface area contributed by atoms with Crippen LogP contribution < -0.4 is 10.1 Å². The van der Waals surface area contributed by atoms with Gasteiger partial charge in [0.2, 0.25) is 17.7 Å². The van der Waals surface area contributed by atoms with Gasteiger partial charge in [-0.15, -0.1) is 11.8 Å². The van der Waals surface area contributed by atoms with Crippen molar-refractivity contribution in [3.63, 3.8) is 0 Å². The molecule has 1 aromatic carbocycles. The molecule has 6 rings (SSSR count). The normalized spacial score (nSPS) is 28.4. The molecule has 11 nitrogen and oxygen atoms in total. The summed E-state index contributed by atoms with van der Waals surface area (Å²) < 4.78 is 12.2. The van der Waals surface area contributed by atoms with Gasteiger partial charge >= 0.3 is 11.9 Å². The van der Waals surface area contributed by atoms with E-state index in [-0.39, 0.29) is 54.0 Å². The van der Waals surface area contributed by atoms with E-state index >= 15 is 0 Å². The molecule has 0 bridgehead atoms. The van der Waals surface area contributed by atoms with Crippen LogP contribution in [0.25, 0.3) is 0 Å². The van der Waals surface area contributed by atoms with Gasteiger partial charge in [-0.25, -0.2) is 4.79 Å². The lowest BCUT2D eigenvalue weighted by Crippen LogP contribution is -2.49. The lowest BCUT2D eigenvalue weighted by Gasteiger charge is -2.35. The first-order valence-corrected chi connectivity index (χ1v) is 26.6. The largest absolute Gasteiger partial charge is 0.482 e. The van der Waals surface area contributed by atoms with Gasteiger partial charge in [-0.2, -0.15) is 0 Å². The van der Waals surface area contributed by atoms with Crippen LogP contribution in [0.5, 0.6) is 5.75 Å². The SMILES string of the molecule is CCCCC[C@H](O)CC[C@@H]1[C@H]2Cc3cccc(OCC(=O)O)c3C[C@H]2C[C@H]1OC(=O)[C@@H]1CCCC[C@@H]1C(=O)NCCCCCCSC1CC(=O)N(C(C)(C)C2=C/C=C\C=C/C=C\C=C/C=C\2)C1=O. The second-order valence-electron chi connectivity index (χ2n) is 19.9. The first kappa shape index (κ1) is 52.7. The molecule has 1 unspecified atom stereocenters. The van der Waals surface area contributed by atoms with Crippen molar-refractivity contribution in [2.24, 2.45) is 29.6 Å². The van der Waals surface area contributed by atoms with E-state index in [1.165, 1.54) is 4.90 Å². The number of imide groups is 1. The number of carbonyl (C=O) groups is 5. The van der Waals surface area contributed by atoms with E-state index in [0.29, 0.717) is 38.0 Å². The van der Waals surface area contributed by atoms with Crippen molar-refractivity contribution >= 4 is 41.4 Å². The van der Waals surface area contributed by atoms with Crippen LogP contribution in [0.3, 0.4) is 0 Å².